The molecule has 0 N–H and O–H groups in total. The summed E-state index contributed by atoms with van der Waals surface area (Å²) in [5.74, 6) is 35.3. The molecule has 26 rings (SSSR count). The lowest BCUT2D eigenvalue weighted by Gasteiger charge is -3.35. The van der Waals surface area contributed by atoms with E-state index in [0.29, 0.717) is 0 Å². The van der Waals surface area contributed by atoms with Gasteiger partial charge < -0.3 is 0 Å². The van der Waals surface area contributed by atoms with Crippen molar-refractivity contribution in [1.29, 1.82) is 0 Å². The normalized spacial score (nSPS) is 122. The molecule has 0 aliphatic heterocycles. The zero-order valence-corrected chi connectivity index (χ0v) is 24.5. The summed E-state index contributed by atoms with van der Waals surface area (Å²) >= 11 is 0. The van der Waals surface area contributed by atoms with Crippen LogP contribution in [0.1, 0.15) is 32.1 Å². The van der Waals surface area contributed by atoms with Crippen LogP contribution < -0.4 is 0 Å². The fourth-order valence-corrected chi connectivity index (χ4v) is 38.8. The molecule has 43 heavy (non-hydrogen) atoms. The predicted octanol–water partition coefficient (Wildman–Crippen LogP) is 5.15. The third kappa shape index (κ3) is 0.521. The number of rotatable bonds is 0. The average molecular weight is 553 g/mol. The van der Waals surface area contributed by atoms with E-state index in [0.717, 1.165) is 65.0 Å². The van der Waals surface area contributed by atoms with Crippen LogP contribution in [-0.4, -0.2) is 0 Å². The molecular weight excluding hydrogens is 516 g/mol. The molecule has 0 aromatic carbocycles. The summed E-state index contributed by atoms with van der Waals surface area (Å²) in [5.41, 5.74) is 13.0. The lowest BCUT2D eigenvalue weighted by atomic mass is 8.68. The van der Waals surface area contributed by atoms with Crippen molar-refractivity contribution in [2.45, 2.75) is 32.1 Å². The van der Waals surface area contributed by atoms with Crippen molar-refractivity contribution in [1.82, 2.24) is 0 Å². The van der Waals surface area contributed by atoms with Crippen LogP contribution >= 0.6 is 0 Å². The summed E-state index contributed by atoms with van der Waals surface area (Å²) in [7, 11) is 0. The van der Waals surface area contributed by atoms with E-state index >= 15 is 0 Å². The lowest BCUT2D eigenvalue weighted by molar-refractivity contribution is -0.898. The number of hydrogen-bond acceptors (Lipinski definition) is 0. The molecule has 208 valence electrons. The highest BCUT2D eigenvalue weighted by Gasteiger charge is 3.36. The Morgan fingerprint density at radius 2 is 0.465 bits per heavy atom. The highest BCUT2D eigenvalue weighted by Crippen LogP contribution is 3.39. The van der Waals surface area contributed by atoms with Crippen molar-refractivity contribution in [2.24, 2.45) is 219 Å². The topological polar surface area (TPSA) is 0 Å². The van der Waals surface area contributed by atoms with Gasteiger partial charge in [0.25, 0.3) is 0 Å². The van der Waals surface area contributed by atoms with Gasteiger partial charge in [-0.05, 0) is 251 Å². The van der Waals surface area contributed by atoms with E-state index in [4.69, 9.17) is 0 Å². The summed E-state index contributed by atoms with van der Waals surface area (Å²) in [4.78, 5) is 0. The molecule has 26 fully saturated rings. The van der Waals surface area contributed by atoms with Crippen LogP contribution in [-0.2, 0) is 0 Å². The van der Waals surface area contributed by atoms with Crippen molar-refractivity contribution in [3.8, 4) is 0 Å². The van der Waals surface area contributed by atoms with Gasteiger partial charge in [0.05, 0.1) is 0 Å². The van der Waals surface area contributed by atoms with Gasteiger partial charge in [0.2, 0.25) is 0 Å². The summed E-state index contributed by atoms with van der Waals surface area (Å²) in [5, 5.41) is 0. The molecule has 38 atom stereocenters. The standard InChI is InChI=1S/C43H36/c1-6-2-10-16-22-28-25-26-30-31-29-23-17-11-4-7-3-9-15-21-27-24-19-13-5-12-18-20-14-8(1)32(6,10)36(14,16)40(20,22)38(18,28)34(12,25)35(13,26)39(19,30)42(24,31)43(27,29)41(21,23)37(15,17)33(7,9)11/h6-31H,1-5H2/t6?,7?,8?,9?,10-,11+,12?,13?,14?,15?,16-,17+,18?,19?,20?,21?,22-,23+,24?,25+,26-,27?,28-,29+,30-,31+,32?,33?,34?,35?,36?,37?,38?,39?,40?,41?,42?,43?/m1/s1. The Labute approximate surface area is 250 Å². The molecule has 0 aromatic rings. The molecule has 0 radical (unpaired) electrons. The number of fused-ring (bicyclic) bond motifs is 21. The zero-order valence-electron chi connectivity index (χ0n) is 24.5. The van der Waals surface area contributed by atoms with Gasteiger partial charge in [-0.3, -0.25) is 0 Å². The first-order valence-corrected chi connectivity index (χ1v) is 21.3. The van der Waals surface area contributed by atoms with Crippen LogP contribution in [0, 0.1) is 219 Å². The molecule has 0 amide bonds. The van der Waals surface area contributed by atoms with Gasteiger partial charge in [0.1, 0.15) is 0 Å². The molecule has 26 unspecified atom stereocenters. The van der Waals surface area contributed by atoms with Crippen molar-refractivity contribution in [3.05, 3.63) is 0 Å². The van der Waals surface area contributed by atoms with Gasteiger partial charge in [0.15, 0.2) is 0 Å². The Kier molecular flexibility index (Phi) is 1.12. The quantitative estimate of drug-likeness (QED) is 0.390. The molecule has 12 spiro atoms. The molecule has 0 nitrogen and oxygen atoms in total. The van der Waals surface area contributed by atoms with Gasteiger partial charge in [-0.15, -0.1) is 0 Å². The fraction of sp³-hybridized carbons (Fsp3) is 1.00. The highest BCUT2D eigenvalue weighted by molar-refractivity contribution is 5.82. The van der Waals surface area contributed by atoms with Crippen LogP contribution in [0.5, 0.6) is 0 Å². The van der Waals surface area contributed by atoms with E-state index in [1.54, 1.807) is 25.7 Å². The maximum absolute atomic E-state index is 1.87. The average Bonchev–Trinajstić information content (AvgIpc) is 3.12. The summed E-state index contributed by atoms with van der Waals surface area (Å²) in [6, 6.07) is 0. The van der Waals surface area contributed by atoms with Crippen molar-refractivity contribution >= 4 is 0 Å². The first-order chi connectivity index (χ1) is 21.3. The first-order valence-electron chi connectivity index (χ1n) is 21.3. The largest absolute Gasteiger partial charge is 0.0461 e. The third-order valence-corrected chi connectivity index (χ3v) is 33.1. The minimum absolute atomic E-state index is 1.07. The molecule has 26 saturated carbocycles. The van der Waals surface area contributed by atoms with E-state index in [2.05, 4.69) is 0 Å². The lowest BCUT2D eigenvalue weighted by Crippen LogP contribution is -3.33. The second kappa shape index (κ2) is 2.94. The second-order valence-corrected chi connectivity index (χ2v) is 26.2. The summed E-state index contributed by atoms with van der Waals surface area (Å²) in [6.45, 7) is 0. The van der Waals surface area contributed by atoms with Gasteiger partial charge in [0, 0.05) is 0 Å². The van der Waals surface area contributed by atoms with Gasteiger partial charge in [-0.25, -0.2) is 0 Å². The van der Waals surface area contributed by atoms with Crippen molar-refractivity contribution < 1.29 is 0 Å². The molecule has 0 heteroatoms. The van der Waals surface area contributed by atoms with Crippen molar-refractivity contribution in [2.75, 3.05) is 0 Å². The smallest absolute Gasteiger partial charge is 0.00932 e. The van der Waals surface area contributed by atoms with Crippen LogP contribution in [0.2, 0.25) is 0 Å². The Morgan fingerprint density at radius 3 is 0.837 bits per heavy atom. The van der Waals surface area contributed by atoms with Gasteiger partial charge >= 0.3 is 0 Å². The highest BCUT2D eigenvalue weighted by atomic mass is 15.4. The Morgan fingerprint density at radius 1 is 0.209 bits per heavy atom. The van der Waals surface area contributed by atoms with E-state index < -0.39 is 0 Å². The number of hydrogen-bond donors (Lipinski definition) is 0. The monoisotopic (exact) mass is 552 g/mol. The molecule has 26 aliphatic rings. The van der Waals surface area contributed by atoms with Gasteiger partial charge in [-0.1, -0.05) is 0 Å². The van der Waals surface area contributed by atoms with E-state index in [1.807, 2.05) is 6.42 Å². The molecular formula is C43H36. The van der Waals surface area contributed by atoms with Crippen LogP contribution in [0.25, 0.3) is 0 Å². The van der Waals surface area contributed by atoms with Gasteiger partial charge in [-0.2, -0.15) is 0 Å². The summed E-state index contributed by atoms with van der Waals surface area (Å²) in [6.07, 6.45) is 8.89. The minimum Gasteiger partial charge on any atom is -0.0461 e. The molecule has 0 aromatic heterocycles. The summed E-state index contributed by atoms with van der Waals surface area (Å²) < 4.78 is 0. The maximum Gasteiger partial charge on any atom is -0.00932 e. The SMILES string of the molecule is C1C2C[C@@H]3[C@@H]4[C@@H]5[C@@H]6[C@@H]7[C@@H]8[C@@H]9[C@@H]%10[C@@H]%11[C@@H]%12[C@@H]%13[C@@H]%14CC%15CC%16C%17C%18C%19C%20C%21C%22CC%23C%24C%25C%26C1C23C%264C%255C%246C%237C%228C%219C%20%10C%19%11C%18%12C%17%13C%15%16%14. The van der Waals surface area contributed by atoms with Crippen molar-refractivity contribution in [3.63, 3.8) is 0 Å². The maximum atomic E-state index is 1.87. The van der Waals surface area contributed by atoms with Crippen LogP contribution in [0.4, 0.5) is 0 Å². The molecule has 26 aliphatic carbocycles. The fourth-order valence-electron chi connectivity index (χ4n) is 38.8. The first kappa shape index (κ1) is 16.4. The molecule has 0 bridgehead atoms. The van der Waals surface area contributed by atoms with E-state index in [1.165, 1.54) is 154 Å². The van der Waals surface area contributed by atoms with Crippen LogP contribution in [0.3, 0.4) is 0 Å². The van der Waals surface area contributed by atoms with E-state index in [-0.39, 0.29) is 0 Å². The predicted molar refractivity (Wildman–Crippen MR) is 143 cm³/mol. The third-order valence-electron chi connectivity index (χ3n) is 33.1. The van der Waals surface area contributed by atoms with Crippen LogP contribution in [0.15, 0.2) is 0 Å². The Balaban J connectivity index is 0.753. The van der Waals surface area contributed by atoms with E-state index in [9.17, 15) is 0 Å². The Hall–Kier alpha value is 0. The second-order valence-electron chi connectivity index (χ2n) is 26.2. The molecule has 0 saturated heterocycles. The minimum atomic E-state index is 1.07. The Bertz CT molecular complexity index is 2250. The molecule has 0 heterocycles. The zero-order chi connectivity index (χ0) is 24.5.